The normalized spacial score (nSPS) is 12.3. The van der Waals surface area contributed by atoms with Gasteiger partial charge in [-0.1, -0.05) is 13.0 Å². The lowest BCUT2D eigenvalue weighted by Gasteiger charge is -2.15. The molecule has 1 unspecified atom stereocenters. The summed E-state index contributed by atoms with van der Waals surface area (Å²) in [7, 11) is 0. The highest BCUT2D eigenvalue weighted by atomic mass is 16.4. The SMILES string of the molecule is CCC(CO)Nc1ccc2c(C(=O)O)cccc2n1. The highest BCUT2D eigenvalue weighted by Crippen LogP contribution is 2.20. The van der Waals surface area contributed by atoms with E-state index >= 15 is 0 Å². The monoisotopic (exact) mass is 260 g/mol. The van der Waals surface area contributed by atoms with Gasteiger partial charge in [-0.3, -0.25) is 0 Å². The Bertz CT molecular complexity index is 594. The molecule has 5 heteroatoms. The van der Waals surface area contributed by atoms with Crippen LogP contribution in [0.2, 0.25) is 0 Å². The van der Waals surface area contributed by atoms with Gasteiger partial charge in [0.15, 0.2) is 0 Å². The number of hydrogen-bond acceptors (Lipinski definition) is 4. The van der Waals surface area contributed by atoms with E-state index < -0.39 is 5.97 Å². The molecule has 0 saturated carbocycles. The number of nitrogens with zero attached hydrogens (tertiary/aromatic N) is 1. The lowest BCUT2D eigenvalue weighted by Crippen LogP contribution is -2.23. The lowest BCUT2D eigenvalue weighted by atomic mass is 10.1. The molecule has 100 valence electrons. The van der Waals surface area contributed by atoms with E-state index in [1.807, 2.05) is 6.92 Å². The Balaban J connectivity index is 2.39. The molecule has 0 radical (unpaired) electrons. The third-order valence-electron chi connectivity index (χ3n) is 3.03. The predicted molar refractivity (Wildman–Crippen MR) is 73.5 cm³/mol. The zero-order valence-corrected chi connectivity index (χ0v) is 10.6. The Labute approximate surface area is 110 Å². The summed E-state index contributed by atoms with van der Waals surface area (Å²) in [4.78, 5) is 15.5. The highest BCUT2D eigenvalue weighted by Gasteiger charge is 2.10. The van der Waals surface area contributed by atoms with Crippen molar-refractivity contribution < 1.29 is 15.0 Å². The van der Waals surface area contributed by atoms with Gasteiger partial charge in [-0.25, -0.2) is 9.78 Å². The second-order valence-electron chi connectivity index (χ2n) is 4.31. The molecule has 0 spiro atoms. The van der Waals surface area contributed by atoms with Gasteiger partial charge in [-0.15, -0.1) is 0 Å². The average molecular weight is 260 g/mol. The van der Waals surface area contributed by atoms with Crippen LogP contribution in [-0.2, 0) is 0 Å². The van der Waals surface area contributed by atoms with Crippen LogP contribution in [0.4, 0.5) is 5.82 Å². The number of carboxylic acids is 1. The topological polar surface area (TPSA) is 82.5 Å². The van der Waals surface area contributed by atoms with Crippen molar-refractivity contribution in [3.05, 3.63) is 35.9 Å². The maximum absolute atomic E-state index is 11.1. The van der Waals surface area contributed by atoms with Gasteiger partial charge in [0.2, 0.25) is 0 Å². The van der Waals surface area contributed by atoms with Crippen molar-refractivity contribution in [2.24, 2.45) is 0 Å². The number of rotatable bonds is 5. The third kappa shape index (κ3) is 2.82. The van der Waals surface area contributed by atoms with E-state index in [9.17, 15) is 4.79 Å². The van der Waals surface area contributed by atoms with Crippen LogP contribution >= 0.6 is 0 Å². The zero-order valence-electron chi connectivity index (χ0n) is 10.6. The Kier molecular flexibility index (Phi) is 3.97. The van der Waals surface area contributed by atoms with E-state index in [2.05, 4.69) is 10.3 Å². The summed E-state index contributed by atoms with van der Waals surface area (Å²) in [6.45, 7) is 2.00. The van der Waals surface area contributed by atoms with E-state index in [1.54, 1.807) is 30.3 Å². The summed E-state index contributed by atoms with van der Waals surface area (Å²) in [6, 6.07) is 8.42. The molecule has 2 aromatic rings. The van der Waals surface area contributed by atoms with E-state index in [0.717, 1.165) is 6.42 Å². The van der Waals surface area contributed by atoms with Crippen molar-refractivity contribution >= 4 is 22.7 Å². The minimum absolute atomic E-state index is 0.0331. The number of benzene rings is 1. The molecule has 0 bridgehead atoms. The van der Waals surface area contributed by atoms with Crippen molar-refractivity contribution in [3.8, 4) is 0 Å². The second kappa shape index (κ2) is 5.67. The Morgan fingerprint density at radius 3 is 2.79 bits per heavy atom. The summed E-state index contributed by atoms with van der Waals surface area (Å²) in [6.07, 6.45) is 0.783. The molecule has 1 atom stereocenters. The van der Waals surface area contributed by atoms with Crippen LogP contribution in [0, 0.1) is 0 Å². The number of pyridine rings is 1. The van der Waals surface area contributed by atoms with Gasteiger partial charge < -0.3 is 15.5 Å². The minimum Gasteiger partial charge on any atom is -0.478 e. The first kappa shape index (κ1) is 13.3. The summed E-state index contributed by atoms with van der Waals surface area (Å²) < 4.78 is 0. The van der Waals surface area contributed by atoms with Crippen LogP contribution in [-0.4, -0.2) is 33.8 Å². The second-order valence-corrected chi connectivity index (χ2v) is 4.31. The maximum Gasteiger partial charge on any atom is 0.336 e. The summed E-state index contributed by atoms with van der Waals surface area (Å²) in [5, 5.41) is 22.0. The molecule has 19 heavy (non-hydrogen) atoms. The molecule has 2 rings (SSSR count). The van der Waals surface area contributed by atoms with E-state index in [4.69, 9.17) is 10.2 Å². The number of hydrogen-bond donors (Lipinski definition) is 3. The van der Waals surface area contributed by atoms with Crippen LogP contribution < -0.4 is 5.32 Å². The molecule has 0 aliphatic carbocycles. The van der Waals surface area contributed by atoms with E-state index in [-0.39, 0.29) is 18.2 Å². The van der Waals surface area contributed by atoms with Crippen molar-refractivity contribution in [3.63, 3.8) is 0 Å². The van der Waals surface area contributed by atoms with E-state index in [1.165, 1.54) is 0 Å². The molecule has 0 aliphatic heterocycles. The number of anilines is 1. The number of nitrogens with one attached hydrogen (secondary N) is 1. The number of carboxylic acid groups (broad SMARTS) is 1. The van der Waals surface area contributed by atoms with Crippen LogP contribution in [0.15, 0.2) is 30.3 Å². The van der Waals surface area contributed by atoms with Crippen LogP contribution in [0.1, 0.15) is 23.7 Å². The highest BCUT2D eigenvalue weighted by molar-refractivity contribution is 6.02. The fraction of sp³-hybridized carbons (Fsp3) is 0.286. The zero-order chi connectivity index (χ0) is 13.8. The standard InChI is InChI=1S/C14H16N2O3/c1-2-9(8-17)15-13-7-6-10-11(14(18)19)4-3-5-12(10)16-13/h3-7,9,17H,2,8H2,1H3,(H,15,16)(H,18,19). The predicted octanol–water partition coefficient (Wildman–Crippen LogP) is 2.12. The Morgan fingerprint density at radius 2 is 2.16 bits per heavy atom. The van der Waals surface area contributed by atoms with Crippen molar-refractivity contribution in [1.29, 1.82) is 0 Å². The Hall–Kier alpha value is -2.14. The fourth-order valence-corrected chi connectivity index (χ4v) is 1.91. The van der Waals surface area contributed by atoms with Gasteiger partial charge in [-0.05, 0) is 30.7 Å². The fourth-order valence-electron chi connectivity index (χ4n) is 1.91. The smallest absolute Gasteiger partial charge is 0.336 e. The van der Waals surface area contributed by atoms with Crippen LogP contribution in [0.3, 0.4) is 0 Å². The quantitative estimate of drug-likeness (QED) is 0.767. The largest absolute Gasteiger partial charge is 0.478 e. The van der Waals surface area contributed by atoms with Gasteiger partial charge >= 0.3 is 5.97 Å². The molecule has 0 amide bonds. The molecule has 5 nitrogen and oxygen atoms in total. The number of carbonyl (C=O) groups is 1. The molecular formula is C14H16N2O3. The average Bonchev–Trinajstić information content (AvgIpc) is 2.43. The van der Waals surface area contributed by atoms with Gasteiger partial charge in [0.1, 0.15) is 5.82 Å². The molecule has 0 aliphatic rings. The number of fused-ring (bicyclic) bond motifs is 1. The van der Waals surface area contributed by atoms with Gasteiger partial charge in [0, 0.05) is 5.39 Å². The van der Waals surface area contributed by atoms with Gasteiger partial charge in [-0.2, -0.15) is 0 Å². The van der Waals surface area contributed by atoms with Gasteiger partial charge in [0.25, 0.3) is 0 Å². The number of aliphatic hydroxyl groups excluding tert-OH is 1. The molecular weight excluding hydrogens is 244 g/mol. The third-order valence-corrected chi connectivity index (χ3v) is 3.03. The first-order valence-corrected chi connectivity index (χ1v) is 6.16. The van der Waals surface area contributed by atoms with Crippen molar-refractivity contribution in [2.45, 2.75) is 19.4 Å². The number of aromatic carboxylic acids is 1. The molecule has 3 N–H and O–H groups in total. The summed E-state index contributed by atoms with van der Waals surface area (Å²) in [5.41, 5.74) is 0.864. The van der Waals surface area contributed by atoms with E-state index in [0.29, 0.717) is 16.7 Å². The maximum atomic E-state index is 11.1. The molecule has 0 fully saturated rings. The first-order chi connectivity index (χ1) is 9.15. The summed E-state index contributed by atoms with van der Waals surface area (Å²) >= 11 is 0. The molecule has 0 saturated heterocycles. The first-order valence-electron chi connectivity index (χ1n) is 6.16. The minimum atomic E-state index is -0.963. The van der Waals surface area contributed by atoms with Crippen molar-refractivity contribution in [1.82, 2.24) is 4.98 Å². The molecule has 1 aromatic heterocycles. The van der Waals surface area contributed by atoms with Crippen LogP contribution in [0.25, 0.3) is 10.9 Å². The molecule has 1 heterocycles. The number of aliphatic hydroxyl groups is 1. The number of aromatic nitrogens is 1. The Morgan fingerprint density at radius 1 is 1.37 bits per heavy atom. The van der Waals surface area contributed by atoms with Gasteiger partial charge in [0.05, 0.1) is 23.7 Å². The summed E-state index contributed by atoms with van der Waals surface area (Å²) in [5.74, 6) is -0.328. The molecule has 1 aromatic carbocycles. The van der Waals surface area contributed by atoms with Crippen molar-refractivity contribution in [2.75, 3.05) is 11.9 Å². The lowest BCUT2D eigenvalue weighted by molar-refractivity contribution is 0.0699. The van der Waals surface area contributed by atoms with Crippen LogP contribution in [0.5, 0.6) is 0 Å².